The van der Waals surface area contributed by atoms with Crippen LogP contribution in [0.25, 0.3) is 11.2 Å². The zero-order chi connectivity index (χ0) is 22.9. The molecule has 0 saturated heterocycles. The number of aromatic nitrogens is 5. The van der Waals surface area contributed by atoms with Gasteiger partial charge in [-0.2, -0.15) is 5.10 Å². The number of rotatable bonds is 7. The lowest BCUT2D eigenvalue weighted by Gasteiger charge is -2.08. The Bertz CT molecular complexity index is 1260. The van der Waals surface area contributed by atoms with E-state index in [0.717, 1.165) is 0 Å². The number of alkyl halides is 3. The Labute approximate surface area is 185 Å². The lowest BCUT2D eigenvalue weighted by molar-refractivity contribution is -0.274. The zero-order valence-corrected chi connectivity index (χ0v) is 17.6. The molecule has 0 aliphatic heterocycles. The van der Waals surface area contributed by atoms with Crippen LogP contribution in [-0.4, -0.2) is 36.8 Å². The van der Waals surface area contributed by atoms with Gasteiger partial charge in [-0.25, -0.2) is 9.20 Å². The van der Waals surface area contributed by atoms with Crippen molar-refractivity contribution in [1.82, 2.24) is 24.6 Å². The van der Waals surface area contributed by atoms with Crippen molar-refractivity contribution in [3.8, 4) is 11.4 Å². The number of fused-ring (bicyclic) bond motifs is 1. The molecular formula is C21H17ClF3N5O2. The van der Waals surface area contributed by atoms with Gasteiger partial charge in [-0.05, 0) is 42.8 Å². The summed E-state index contributed by atoms with van der Waals surface area (Å²) in [6.07, 6.45) is -0.277. The van der Waals surface area contributed by atoms with Gasteiger partial charge in [0, 0.05) is 24.1 Å². The predicted molar refractivity (Wildman–Crippen MR) is 110 cm³/mol. The summed E-state index contributed by atoms with van der Waals surface area (Å²) < 4.78 is 43.8. The second-order valence-electron chi connectivity index (χ2n) is 6.97. The second kappa shape index (κ2) is 8.62. The molecule has 0 aliphatic rings. The van der Waals surface area contributed by atoms with Crippen LogP contribution in [0, 0.1) is 0 Å². The highest BCUT2D eigenvalue weighted by atomic mass is 35.5. The van der Waals surface area contributed by atoms with Gasteiger partial charge in [0.05, 0.1) is 34.4 Å². The van der Waals surface area contributed by atoms with Gasteiger partial charge in [0.2, 0.25) is 0 Å². The molecule has 0 atom stereocenters. The molecule has 1 aromatic carbocycles. The number of carbonyl (C=O) groups excluding carboxylic acids is 1. The van der Waals surface area contributed by atoms with Gasteiger partial charge >= 0.3 is 6.36 Å². The molecule has 0 radical (unpaired) electrons. The first-order valence-electron chi connectivity index (χ1n) is 9.71. The van der Waals surface area contributed by atoms with Crippen LogP contribution in [0.2, 0.25) is 5.02 Å². The topological polar surface area (TPSA) is 74.3 Å². The highest BCUT2D eigenvalue weighted by molar-refractivity contribution is 6.31. The Kier molecular flexibility index (Phi) is 5.88. The zero-order valence-electron chi connectivity index (χ0n) is 16.8. The van der Waals surface area contributed by atoms with Crippen LogP contribution in [0.5, 0.6) is 5.75 Å². The number of carbonyl (C=O) groups is 1. The van der Waals surface area contributed by atoms with E-state index in [9.17, 15) is 18.0 Å². The van der Waals surface area contributed by atoms with Crippen molar-refractivity contribution >= 4 is 22.9 Å². The molecule has 0 aliphatic carbocycles. The molecule has 11 heteroatoms. The smallest absolute Gasteiger partial charge is 0.406 e. The largest absolute Gasteiger partial charge is 0.573 e. The van der Waals surface area contributed by atoms with E-state index in [4.69, 9.17) is 11.6 Å². The van der Waals surface area contributed by atoms with Gasteiger partial charge in [-0.15, -0.1) is 18.3 Å². The first-order valence-corrected chi connectivity index (χ1v) is 10.1. The van der Waals surface area contributed by atoms with E-state index in [2.05, 4.69) is 20.1 Å². The number of ketones is 1. The van der Waals surface area contributed by atoms with E-state index < -0.39 is 6.36 Å². The predicted octanol–water partition coefficient (Wildman–Crippen LogP) is 4.84. The third-order valence-corrected chi connectivity index (χ3v) is 5.00. The Morgan fingerprint density at radius 2 is 1.94 bits per heavy atom. The third-order valence-electron chi connectivity index (χ3n) is 4.77. The summed E-state index contributed by atoms with van der Waals surface area (Å²) in [5.41, 5.74) is 2.98. The Morgan fingerprint density at radius 3 is 2.62 bits per heavy atom. The van der Waals surface area contributed by atoms with Gasteiger partial charge < -0.3 is 4.74 Å². The number of pyridine rings is 1. The molecule has 4 aromatic rings. The Balaban J connectivity index is 1.46. The molecule has 0 spiro atoms. The van der Waals surface area contributed by atoms with Gasteiger partial charge in [0.25, 0.3) is 0 Å². The molecule has 7 nitrogen and oxygen atoms in total. The average molecular weight is 464 g/mol. The van der Waals surface area contributed by atoms with E-state index in [1.165, 1.54) is 28.9 Å². The maximum atomic E-state index is 13.0. The third kappa shape index (κ3) is 4.75. The fourth-order valence-electron chi connectivity index (χ4n) is 3.33. The number of ether oxygens (including phenoxy) is 1. The van der Waals surface area contributed by atoms with Crippen molar-refractivity contribution in [1.29, 1.82) is 0 Å². The highest BCUT2D eigenvalue weighted by Gasteiger charge is 2.31. The van der Waals surface area contributed by atoms with Crippen molar-refractivity contribution in [2.24, 2.45) is 0 Å². The maximum absolute atomic E-state index is 13.0. The summed E-state index contributed by atoms with van der Waals surface area (Å²) in [5, 5.41) is 13.0. The first kappa shape index (κ1) is 21.8. The summed E-state index contributed by atoms with van der Waals surface area (Å²) in [4.78, 5) is 13.0. The molecule has 0 amide bonds. The minimum Gasteiger partial charge on any atom is -0.406 e. The SMILES string of the molecule is CCc1nn2ccc(Cl)cc2c1C(=O)CCc1cn(-c2ccc(OC(F)(F)F)cc2)nn1. The number of benzene rings is 1. The fourth-order valence-corrected chi connectivity index (χ4v) is 3.49. The molecule has 4 rings (SSSR count). The number of halogens is 4. The molecule has 0 unspecified atom stereocenters. The van der Waals surface area contributed by atoms with Crippen LogP contribution in [0.3, 0.4) is 0 Å². The molecule has 3 heterocycles. The van der Waals surface area contributed by atoms with Crippen molar-refractivity contribution in [3.05, 3.63) is 70.8 Å². The number of hydrogen-bond acceptors (Lipinski definition) is 5. The van der Waals surface area contributed by atoms with Crippen LogP contribution in [0.1, 0.15) is 35.1 Å². The number of hydrogen-bond donors (Lipinski definition) is 0. The van der Waals surface area contributed by atoms with Crippen molar-refractivity contribution in [3.63, 3.8) is 0 Å². The van der Waals surface area contributed by atoms with E-state index in [0.29, 0.717) is 46.0 Å². The van der Waals surface area contributed by atoms with Crippen LogP contribution < -0.4 is 4.74 Å². The van der Waals surface area contributed by atoms with Crippen LogP contribution in [0.15, 0.2) is 48.8 Å². The molecule has 0 saturated carbocycles. The van der Waals surface area contributed by atoms with Gasteiger partial charge in [0.15, 0.2) is 5.78 Å². The fraction of sp³-hybridized carbons (Fsp3) is 0.238. The van der Waals surface area contributed by atoms with E-state index in [1.54, 1.807) is 29.0 Å². The maximum Gasteiger partial charge on any atom is 0.573 e. The molecular weight excluding hydrogens is 447 g/mol. The molecule has 0 bridgehead atoms. The number of Topliss-reactive ketones (excluding diaryl/α,β-unsaturated/α-hetero) is 1. The Morgan fingerprint density at radius 1 is 1.19 bits per heavy atom. The summed E-state index contributed by atoms with van der Waals surface area (Å²) in [7, 11) is 0. The summed E-state index contributed by atoms with van der Waals surface area (Å²) in [5.74, 6) is -0.408. The minimum atomic E-state index is -4.75. The summed E-state index contributed by atoms with van der Waals surface area (Å²) in [6.45, 7) is 1.93. The van der Waals surface area contributed by atoms with E-state index in [1.807, 2.05) is 6.92 Å². The Hall–Kier alpha value is -3.40. The normalized spacial score (nSPS) is 11.8. The molecule has 0 fully saturated rings. The van der Waals surface area contributed by atoms with Crippen molar-refractivity contribution in [2.45, 2.75) is 32.5 Å². The lowest BCUT2D eigenvalue weighted by Crippen LogP contribution is -2.17. The quantitative estimate of drug-likeness (QED) is 0.366. The standard InChI is InChI=1S/C21H17ClF3N5O2/c1-2-17-20(18-11-13(22)9-10-29(18)27-17)19(31)8-3-14-12-30(28-26-14)15-4-6-16(7-5-15)32-21(23,24)25/h4-7,9-12H,2-3,8H2,1H3. The van der Waals surface area contributed by atoms with Crippen LogP contribution in [0.4, 0.5) is 13.2 Å². The number of nitrogens with zero attached hydrogens (tertiary/aromatic N) is 5. The van der Waals surface area contributed by atoms with Gasteiger partial charge in [0.1, 0.15) is 5.75 Å². The molecule has 32 heavy (non-hydrogen) atoms. The van der Waals surface area contributed by atoms with Crippen LogP contribution in [-0.2, 0) is 12.8 Å². The summed E-state index contributed by atoms with van der Waals surface area (Å²) >= 11 is 6.09. The van der Waals surface area contributed by atoms with Crippen molar-refractivity contribution < 1.29 is 22.7 Å². The summed E-state index contributed by atoms with van der Waals surface area (Å²) in [6, 6.07) is 8.66. The highest BCUT2D eigenvalue weighted by Crippen LogP contribution is 2.24. The monoisotopic (exact) mass is 463 g/mol. The van der Waals surface area contributed by atoms with E-state index >= 15 is 0 Å². The second-order valence-corrected chi connectivity index (χ2v) is 7.41. The average Bonchev–Trinajstić information content (AvgIpc) is 3.35. The molecule has 3 aromatic heterocycles. The first-order chi connectivity index (χ1) is 15.2. The van der Waals surface area contributed by atoms with E-state index in [-0.39, 0.29) is 18.0 Å². The lowest BCUT2D eigenvalue weighted by atomic mass is 10.0. The van der Waals surface area contributed by atoms with Gasteiger partial charge in [-0.3, -0.25) is 4.79 Å². The number of aryl methyl sites for hydroxylation is 2. The van der Waals surface area contributed by atoms with Crippen molar-refractivity contribution in [2.75, 3.05) is 0 Å². The minimum absolute atomic E-state index is 0.0812. The molecule has 166 valence electrons. The van der Waals surface area contributed by atoms with Crippen LogP contribution >= 0.6 is 11.6 Å². The molecule has 0 N–H and O–H groups in total. The van der Waals surface area contributed by atoms with Gasteiger partial charge in [-0.1, -0.05) is 23.7 Å².